The predicted molar refractivity (Wildman–Crippen MR) is 165 cm³/mol. The van der Waals surface area contributed by atoms with E-state index in [9.17, 15) is 13.2 Å². The van der Waals surface area contributed by atoms with Crippen LogP contribution in [-0.4, -0.2) is 72.0 Å². The van der Waals surface area contributed by atoms with Crippen LogP contribution in [0.1, 0.15) is 68.1 Å². The van der Waals surface area contributed by atoms with Gasteiger partial charge in [0.1, 0.15) is 23.5 Å². The molecule has 0 unspecified atom stereocenters. The zero-order chi connectivity index (χ0) is 33.8. The molecule has 0 aliphatic carbocycles. The molecule has 6 heterocycles. The summed E-state index contributed by atoms with van der Waals surface area (Å²) in [6.07, 6.45) is 2.30. The van der Waals surface area contributed by atoms with Crippen LogP contribution in [0.4, 0.5) is 20.3 Å². The first-order valence-corrected chi connectivity index (χ1v) is 16.7. The third-order valence-corrected chi connectivity index (χ3v) is 10.2. The Morgan fingerprint density at radius 3 is 2.51 bits per heavy atom. The van der Waals surface area contributed by atoms with Crippen LogP contribution in [0, 0.1) is 5.92 Å². The van der Waals surface area contributed by atoms with E-state index in [1.54, 1.807) is 34.9 Å². The number of hydrogen-bond donors (Lipinski definition) is 1. The average Bonchev–Trinajstić information content (AvgIpc) is 2.98. The van der Waals surface area contributed by atoms with Crippen LogP contribution in [0.5, 0.6) is 0 Å². The van der Waals surface area contributed by atoms with Crippen molar-refractivity contribution in [1.29, 1.82) is 0 Å². The Balaban J connectivity index is 1.44. The van der Waals surface area contributed by atoms with Crippen molar-refractivity contribution in [1.82, 2.24) is 19.4 Å². The first kappa shape index (κ1) is 25.2. The Hall–Kier alpha value is -3.12. The number of rotatable bonds is 1. The fourth-order valence-corrected chi connectivity index (χ4v) is 7.24. The van der Waals surface area contributed by atoms with Gasteiger partial charge in [-0.2, -0.15) is 0 Å². The van der Waals surface area contributed by atoms with Gasteiger partial charge in [-0.3, -0.25) is 9.36 Å². The molecular weight excluding hydrogens is 574 g/mol. The average molecular weight is 619 g/mol. The molecule has 1 aromatic carbocycles. The molecule has 0 spiro atoms. The van der Waals surface area contributed by atoms with Crippen molar-refractivity contribution in [3.05, 3.63) is 58.1 Å². The fraction of sp³-hybridized carbons (Fsp3) is 0.581. The molecule has 1 N–H and O–H groups in total. The summed E-state index contributed by atoms with van der Waals surface area (Å²) in [7, 11) is -3.26. The Morgan fingerprint density at radius 2 is 1.74 bits per heavy atom. The minimum absolute atomic E-state index is 0.0420. The van der Waals surface area contributed by atoms with Gasteiger partial charge in [-0.25, -0.2) is 27.2 Å². The molecule has 9 nitrogen and oxygen atoms in total. The molecular formula is C31H40F2N6O3S. The van der Waals surface area contributed by atoms with Gasteiger partial charge in [0.15, 0.2) is 9.84 Å². The quantitative estimate of drug-likeness (QED) is 0.423. The number of sulfone groups is 1. The summed E-state index contributed by atoms with van der Waals surface area (Å²) in [5.41, 5.74) is -0.0304. The molecule has 8 bridgehead atoms. The highest BCUT2D eigenvalue weighted by molar-refractivity contribution is 7.91. The van der Waals surface area contributed by atoms with E-state index in [2.05, 4.69) is 15.3 Å². The SMILES string of the molecule is [2H]C1([2H])CCCCCC([2H])([2H])n2c(=O)c(N3CCS(=O)(=O)CC3)cc3c(ncnc32)N[C@H](C)c2cccc(c2)C(F)(F)CC2CN1C2. The van der Waals surface area contributed by atoms with Gasteiger partial charge >= 0.3 is 0 Å². The summed E-state index contributed by atoms with van der Waals surface area (Å²) in [5, 5.41) is 3.60. The van der Waals surface area contributed by atoms with Crippen LogP contribution >= 0.6 is 0 Å². The molecule has 4 aliphatic rings. The van der Waals surface area contributed by atoms with Crippen LogP contribution in [-0.2, 0) is 22.3 Å². The maximum absolute atomic E-state index is 15.5. The lowest BCUT2D eigenvalue weighted by Crippen LogP contribution is -2.48. The van der Waals surface area contributed by atoms with Gasteiger partial charge in [-0.1, -0.05) is 37.5 Å². The van der Waals surface area contributed by atoms with Crippen LogP contribution in [0.3, 0.4) is 0 Å². The molecule has 12 heteroatoms. The van der Waals surface area contributed by atoms with Crippen molar-refractivity contribution < 1.29 is 22.7 Å². The number of pyridine rings is 1. The van der Waals surface area contributed by atoms with Crippen LogP contribution in [0.25, 0.3) is 11.0 Å². The van der Waals surface area contributed by atoms with E-state index in [-0.39, 0.29) is 85.6 Å². The third-order valence-electron chi connectivity index (χ3n) is 8.59. The van der Waals surface area contributed by atoms with Crippen LogP contribution in [0.2, 0.25) is 0 Å². The summed E-state index contributed by atoms with van der Waals surface area (Å²) in [6.45, 7) is -1.43. The number of fused-ring (bicyclic) bond motifs is 8. The number of halogens is 2. The van der Waals surface area contributed by atoms with Crippen molar-refractivity contribution >= 4 is 32.4 Å². The molecule has 1 atom stereocenters. The van der Waals surface area contributed by atoms with Gasteiger partial charge in [-0.15, -0.1) is 0 Å². The topological polar surface area (TPSA) is 100 Å². The van der Waals surface area contributed by atoms with E-state index < -0.39 is 40.4 Å². The summed E-state index contributed by atoms with van der Waals surface area (Å²) in [4.78, 5) is 26.0. The molecule has 3 aromatic rings. The van der Waals surface area contributed by atoms with Crippen molar-refractivity contribution in [2.45, 2.75) is 63.9 Å². The van der Waals surface area contributed by atoms with Gasteiger partial charge in [0, 0.05) is 56.2 Å². The molecule has 2 saturated heterocycles. The zero-order valence-electron chi connectivity index (χ0n) is 28.2. The number of alkyl halides is 2. The molecule has 0 saturated carbocycles. The van der Waals surface area contributed by atoms with E-state index in [0.717, 1.165) is 4.57 Å². The first-order valence-electron chi connectivity index (χ1n) is 16.9. The molecule has 43 heavy (non-hydrogen) atoms. The number of hydrogen-bond acceptors (Lipinski definition) is 8. The normalized spacial score (nSPS) is 29.9. The van der Waals surface area contributed by atoms with Crippen LogP contribution in [0.15, 0.2) is 41.5 Å². The van der Waals surface area contributed by atoms with Crippen molar-refractivity contribution in [3.63, 3.8) is 0 Å². The second-order valence-electron chi connectivity index (χ2n) is 11.8. The summed E-state index contributed by atoms with van der Waals surface area (Å²) >= 11 is 0. The molecule has 7 rings (SSSR count). The minimum atomic E-state index is -3.26. The maximum atomic E-state index is 15.5. The predicted octanol–water partition coefficient (Wildman–Crippen LogP) is 4.58. The second kappa shape index (κ2) is 12.1. The molecule has 0 radical (unpaired) electrons. The smallest absolute Gasteiger partial charge is 0.275 e. The van der Waals surface area contributed by atoms with E-state index in [1.165, 1.54) is 18.5 Å². The number of anilines is 2. The molecule has 2 fully saturated rings. The third kappa shape index (κ3) is 6.55. The number of nitrogens with one attached hydrogen (secondary N) is 1. The van der Waals surface area contributed by atoms with Gasteiger partial charge in [0.2, 0.25) is 0 Å². The highest BCUT2D eigenvalue weighted by Gasteiger charge is 2.39. The van der Waals surface area contributed by atoms with Crippen LogP contribution < -0.4 is 15.8 Å². The molecule has 0 amide bonds. The van der Waals surface area contributed by atoms with E-state index in [4.69, 9.17) is 5.48 Å². The van der Waals surface area contributed by atoms with Crippen molar-refractivity contribution in [2.75, 3.05) is 54.4 Å². The number of nitrogens with zero attached hydrogens (tertiary/aromatic N) is 5. The number of aromatic nitrogens is 3. The van der Waals surface area contributed by atoms with E-state index >= 15 is 8.78 Å². The number of aryl methyl sites for hydroxylation is 1. The highest BCUT2D eigenvalue weighted by Crippen LogP contribution is 2.39. The molecule has 2 aromatic heterocycles. The number of benzene rings is 1. The summed E-state index contributed by atoms with van der Waals surface area (Å²) in [5.74, 6) is -3.46. The largest absolute Gasteiger partial charge is 0.365 e. The zero-order valence-corrected chi connectivity index (χ0v) is 25.0. The molecule has 232 valence electrons. The maximum Gasteiger partial charge on any atom is 0.275 e. The monoisotopic (exact) mass is 618 g/mol. The van der Waals surface area contributed by atoms with E-state index in [1.807, 2.05) is 0 Å². The van der Waals surface area contributed by atoms with Crippen molar-refractivity contribution in [2.24, 2.45) is 5.92 Å². The first-order chi connectivity index (χ1) is 22.1. The summed E-state index contributed by atoms with van der Waals surface area (Å²) < 4.78 is 91.6. The van der Waals surface area contributed by atoms with Crippen molar-refractivity contribution in [3.8, 4) is 0 Å². The lowest BCUT2D eigenvalue weighted by atomic mass is 9.89. The van der Waals surface area contributed by atoms with Gasteiger partial charge in [-0.05, 0) is 49.9 Å². The summed E-state index contributed by atoms with van der Waals surface area (Å²) in [6, 6.07) is 7.18. The van der Waals surface area contributed by atoms with E-state index in [0.29, 0.717) is 30.2 Å². The Bertz CT molecular complexity index is 1810. The minimum Gasteiger partial charge on any atom is -0.365 e. The van der Waals surface area contributed by atoms with Gasteiger partial charge in [0.05, 0.1) is 16.9 Å². The fourth-order valence-electron chi connectivity index (χ4n) is 6.04. The lowest BCUT2D eigenvalue weighted by molar-refractivity contribution is -0.0568. The Kier molecular flexibility index (Phi) is 7.10. The Labute approximate surface area is 256 Å². The standard InChI is InChI=1S/C31H40F2N6O3S/c1-22-24-8-7-9-25(16-24)31(32,33)18-23-19-37(20-23)10-5-3-2-4-6-11-39-29-26(28(36-22)34-21-35-29)17-27(30(39)40)38-12-14-43(41,42)15-13-38/h7-9,16-17,21-23H,2-6,10-15,18-20H2,1H3,(H,34,35,36)/t22-/m1/s1/i10D2,11D2. The van der Waals surface area contributed by atoms with Gasteiger partial charge in [0.25, 0.3) is 11.5 Å². The lowest BCUT2D eigenvalue weighted by Gasteiger charge is -2.41. The highest BCUT2D eigenvalue weighted by atomic mass is 32.2. The Morgan fingerprint density at radius 1 is 1.02 bits per heavy atom. The second-order valence-corrected chi connectivity index (χ2v) is 14.1. The molecule has 4 aliphatic heterocycles. The van der Waals surface area contributed by atoms with Gasteiger partial charge < -0.3 is 15.1 Å².